The van der Waals surface area contributed by atoms with Crippen molar-refractivity contribution >= 4 is 11.7 Å². The lowest BCUT2D eigenvalue weighted by Gasteiger charge is -2.28. The first-order chi connectivity index (χ1) is 13.8. The van der Waals surface area contributed by atoms with Gasteiger partial charge in [0.25, 0.3) is 5.91 Å². The summed E-state index contributed by atoms with van der Waals surface area (Å²) in [5.74, 6) is 0.732. The van der Waals surface area contributed by atoms with E-state index in [2.05, 4.69) is 10.3 Å². The fraction of sp³-hybridized carbons (Fsp3) is 0.520. The van der Waals surface area contributed by atoms with E-state index < -0.39 is 0 Å². The van der Waals surface area contributed by atoms with Crippen LogP contribution in [0.15, 0.2) is 24.3 Å². The Morgan fingerprint density at radius 2 is 1.57 bits per heavy atom. The SMILES string of the molecule is Cc1cc(N)nc(CCCCNC(=O)c2cc(C(C)(C)C)c(O)c(C(C)(C)C)c2)c1. The number of aromatic hydroxyl groups is 1. The van der Waals surface area contributed by atoms with Crippen molar-refractivity contribution in [3.05, 3.63) is 52.2 Å². The van der Waals surface area contributed by atoms with Crippen LogP contribution in [0.5, 0.6) is 5.75 Å². The average molecular weight is 412 g/mol. The summed E-state index contributed by atoms with van der Waals surface area (Å²) >= 11 is 0. The highest BCUT2D eigenvalue weighted by atomic mass is 16.3. The zero-order chi connectivity index (χ0) is 22.7. The van der Waals surface area contributed by atoms with E-state index in [0.717, 1.165) is 41.6 Å². The van der Waals surface area contributed by atoms with E-state index in [4.69, 9.17) is 5.73 Å². The molecule has 0 bridgehead atoms. The fourth-order valence-corrected chi connectivity index (χ4v) is 3.54. The summed E-state index contributed by atoms with van der Waals surface area (Å²) in [6.07, 6.45) is 2.62. The Labute approximate surface area is 181 Å². The maximum absolute atomic E-state index is 12.8. The van der Waals surface area contributed by atoms with E-state index in [0.29, 0.717) is 17.9 Å². The monoisotopic (exact) mass is 411 g/mol. The quantitative estimate of drug-likeness (QED) is 0.582. The van der Waals surface area contributed by atoms with Crippen LogP contribution < -0.4 is 11.1 Å². The Morgan fingerprint density at radius 1 is 1.00 bits per heavy atom. The number of nitrogen functional groups attached to an aromatic ring is 1. The summed E-state index contributed by atoms with van der Waals surface area (Å²) in [7, 11) is 0. The number of benzene rings is 1. The van der Waals surface area contributed by atoms with Crippen LogP contribution >= 0.6 is 0 Å². The van der Waals surface area contributed by atoms with Crippen molar-refractivity contribution in [2.24, 2.45) is 0 Å². The summed E-state index contributed by atoms with van der Waals surface area (Å²) in [6, 6.07) is 7.55. The van der Waals surface area contributed by atoms with Crippen LogP contribution in [0.2, 0.25) is 0 Å². The second-order valence-corrected chi connectivity index (χ2v) is 10.2. The number of aromatic nitrogens is 1. The van der Waals surface area contributed by atoms with Gasteiger partial charge in [0.1, 0.15) is 11.6 Å². The van der Waals surface area contributed by atoms with Gasteiger partial charge in [0, 0.05) is 28.9 Å². The number of phenolic OH excluding ortho intramolecular Hbond substituents is 1. The van der Waals surface area contributed by atoms with E-state index in [1.165, 1.54) is 0 Å². The molecule has 1 aromatic carbocycles. The molecule has 0 aliphatic rings. The molecule has 4 N–H and O–H groups in total. The van der Waals surface area contributed by atoms with Crippen molar-refractivity contribution in [2.45, 2.75) is 78.6 Å². The van der Waals surface area contributed by atoms with Gasteiger partial charge in [0.05, 0.1) is 0 Å². The normalized spacial score (nSPS) is 12.1. The smallest absolute Gasteiger partial charge is 0.251 e. The molecule has 0 fully saturated rings. The minimum atomic E-state index is -0.261. The minimum Gasteiger partial charge on any atom is -0.507 e. The minimum absolute atomic E-state index is 0.107. The first-order valence-electron chi connectivity index (χ1n) is 10.7. The molecule has 0 unspecified atom stereocenters. The van der Waals surface area contributed by atoms with Crippen LogP contribution in [0, 0.1) is 6.92 Å². The van der Waals surface area contributed by atoms with Gasteiger partial charge in [-0.3, -0.25) is 4.79 Å². The van der Waals surface area contributed by atoms with Crippen molar-refractivity contribution in [1.82, 2.24) is 10.3 Å². The lowest BCUT2D eigenvalue weighted by Crippen LogP contribution is -2.26. The lowest BCUT2D eigenvalue weighted by atomic mass is 9.78. The van der Waals surface area contributed by atoms with Gasteiger partial charge in [-0.25, -0.2) is 4.98 Å². The van der Waals surface area contributed by atoms with Crippen molar-refractivity contribution < 1.29 is 9.90 Å². The fourth-order valence-electron chi connectivity index (χ4n) is 3.54. The maximum Gasteiger partial charge on any atom is 0.251 e. The molecular formula is C25H37N3O2. The number of amides is 1. The molecule has 1 heterocycles. The molecule has 2 rings (SSSR count). The molecule has 30 heavy (non-hydrogen) atoms. The average Bonchev–Trinajstić information content (AvgIpc) is 2.58. The molecule has 1 amide bonds. The Hall–Kier alpha value is -2.56. The number of unbranched alkanes of at least 4 members (excludes halogenated alkanes) is 1. The number of aryl methyl sites for hydroxylation is 2. The third-order valence-electron chi connectivity index (χ3n) is 5.18. The van der Waals surface area contributed by atoms with Gasteiger partial charge in [-0.15, -0.1) is 0 Å². The molecule has 5 heteroatoms. The largest absolute Gasteiger partial charge is 0.507 e. The molecule has 0 saturated carbocycles. The molecule has 0 atom stereocenters. The predicted molar refractivity (Wildman–Crippen MR) is 124 cm³/mol. The van der Waals surface area contributed by atoms with Gasteiger partial charge in [-0.1, -0.05) is 41.5 Å². The number of hydrogen-bond donors (Lipinski definition) is 3. The van der Waals surface area contributed by atoms with Gasteiger partial charge >= 0.3 is 0 Å². The molecule has 1 aromatic heterocycles. The van der Waals surface area contributed by atoms with Gasteiger partial charge in [-0.2, -0.15) is 0 Å². The van der Waals surface area contributed by atoms with Crippen LogP contribution in [0.4, 0.5) is 5.82 Å². The number of nitrogens with two attached hydrogens (primary N) is 1. The van der Waals surface area contributed by atoms with E-state index >= 15 is 0 Å². The molecule has 0 aliphatic carbocycles. The standard InChI is InChI=1S/C25H37N3O2/c1-16-12-18(28-21(26)13-16)10-8-9-11-27-23(30)17-14-19(24(2,3)4)22(29)20(15-17)25(5,6)7/h12-15,29H,8-11H2,1-7H3,(H2,26,28)(H,27,30). The summed E-state index contributed by atoms with van der Waals surface area (Å²) in [6.45, 7) is 14.9. The van der Waals surface area contributed by atoms with Crippen molar-refractivity contribution in [3.63, 3.8) is 0 Å². The Morgan fingerprint density at radius 3 is 2.07 bits per heavy atom. The number of phenols is 1. The number of rotatable bonds is 6. The number of carbonyl (C=O) groups is 1. The zero-order valence-corrected chi connectivity index (χ0v) is 19.5. The van der Waals surface area contributed by atoms with Crippen LogP contribution in [-0.4, -0.2) is 22.5 Å². The highest BCUT2D eigenvalue weighted by molar-refractivity contribution is 5.95. The molecule has 0 saturated heterocycles. The lowest BCUT2D eigenvalue weighted by molar-refractivity contribution is 0.0952. The predicted octanol–water partition coefficient (Wildman–Crippen LogP) is 5.03. The Balaban J connectivity index is 2.04. The number of carbonyl (C=O) groups excluding carboxylic acids is 1. The molecular weight excluding hydrogens is 374 g/mol. The van der Waals surface area contributed by atoms with Crippen LogP contribution in [-0.2, 0) is 17.3 Å². The highest BCUT2D eigenvalue weighted by Gasteiger charge is 2.27. The van der Waals surface area contributed by atoms with Crippen molar-refractivity contribution in [1.29, 1.82) is 0 Å². The van der Waals surface area contributed by atoms with E-state index in [1.54, 1.807) is 0 Å². The second-order valence-electron chi connectivity index (χ2n) is 10.2. The number of hydrogen-bond acceptors (Lipinski definition) is 4. The van der Waals surface area contributed by atoms with Gasteiger partial charge in [0.2, 0.25) is 0 Å². The highest BCUT2D eigenvalue weighted by Crippen LogP contribution is 2.39. The second kappa shape index (κ2) is 9.07. The number of anilines is 1. The number of nitrogens with zero attached hydrogens (tertiary/aromatic N) is 1. The topological polar surface area (TPSA) is 88.2 Å². The molecule has 0 aliphatic heterocycles. The molecule has 164 valence electrons. The summed E-state index contributed by atoms with van der Waals surface area (Å²) < 4.78 is 0. The maximum atomic E-state index is 12.8. The van der Waals surface area contributed by atoms with E-state index in [-0.39, 0.29) is 22.5 Å². The van der Waals surface area contributed by atoms with Crippen LogP contribution in [0.1, 0.15) is 87.1 Å². The number of pyridine rings is 1. The number of nitrogens with one attached hydrogen (secondary N) is 1. The van der Waals surface area contributed by atoms with Crippen LogP contribution in [0.3, 0.4) is 0 Å². The van der Waals surface area contributed by atoms with Gasteiger partial charge < -0.3 is 16.2 Å². The van der Waals surface area contributed by atoms with E-state index in [1.807, 2.05) is 72.7 Å². The first kappa shape index (κ1) is 23.7. The van der Waals surface area contributed by atoms with E-state index in [9.17, 15) is 9.90 Å². The van der Waals surface area contributed by atoms with Gasteiger partial charge in [0.15, 0.2) is 0 Å². The summed E-state index contributed by atoms with van der Waals surface area (Å²) in [5, 5.41) is 13.8. The Kier molecular flexibility index (Phi) is 7.17. The van der Waals surface area contributed by atoms with Crippen molar-refractivity contribution in [3.8, 4) is 5.75 Å². The van der Waals surface area contributed by atoms with Crippen molar-refractivity contribution in [2.75, 3.05) is 12.3 Å². The zero-order valence-electron chi connectivity index (χ0n) is 19.5. The van der Waals surface area contributed by atoms with Gasteiger partial charge in [-0.05, 0) is 66.8 Å². The molecule has 2 aromatic rings. The molecule has 0 spiro atoms. The molecule has 0 radical (unpaired) electrons. The third kappa shape index (κ3) is 6.22. The first-order valence-corrected chi connectivity index (χ1v) is 10.7. The molecule has 5 nitrogen and oxygen atoms in total. The van der Waals surface area contributed by atoms with Crippen LogP contribution in [0.25, 0.3) is 0 Å². The third-order valence-corrected chi connectivity index (χ3v) is 5.18. The summed E-state index contributed by atoms with van der Waals surface area (Å²) in [5.41, 5.74) is 9.57. The Bertz CT molecular complexity index is 850. The summed E-state index contributed by atoms with van der Waals surface area (Å²) in [4.78, 5) is 17.2.